The molecule has 0 aliphatic rings. The molecule has 98 valence electrons. The largest absolute Gasteiger partial charge is 0.507 e. The number of para-hydroxylation sites is 1. The summed E-state index contributed by atoms with van der Waals surface area (Å²) in [5, 5.41) is 10.5. The van der Waals surface area contributed by atoms with E-state index in [2.05, 4.69) is 15.0 Å². The SMILES string of the molecule is O=c1[nH]c(C=C(O)c2ccncc2)nc2ccccc12. The maximum Gasteiger partial charge on any atom is 0.259 e. The zero-order valence-corrected chi connectivity index (χ0v) is 10.4. The van der Waals surface area contributed by atoms with Crippen molar-refractivity contribution in [3.8, 4) is 0 Å². The van der Waals surface area contributed by atoms with Crippen LogP contribution in [0, 0.1) is 0 Å². The molecule has 0 saturated carbocycles. The molecule has 1 aromatic carbocycles. The number of hydrogen-bond acceptors (Lipinski definition) is 4. The summed E-state index contributed by atoms with van der Waals surface area (Å²) < 4.78 is 0. The molecule has 0 unspecified atom stereocenters. The molecule has 0 atom stereocenters. The fourth-order valence-corrected chi connectivity index (χ4v) is 1.91. The van der Waals surface area contributed by atoms with Crippen LogP contribution in [0.15, 0.2) is 53.6 Å². The molecule has 3 aromatic rings. The van der Waals surface area contributed by atoms with Crippen molar-refractivity contribution < 1.29 is 5.11 Å². The Balaban J connectivity index is 2.09. The minimum Gasteiger partial charge on any atom is -0.507 e. The summed E-state index contributed by atoms with van der Waals surface area (Å²) in [6.07, 6.45) is 4.58. The van der Waals surface area contributed by atoms with Gasteiger partial charge < -0.3 is 10.1 Å². The molecule has 0 amide bonds. The zero-order chi connectivity index (χ0) is 13.9. The molecule has 0 aliphatic carbocycles. The summed E-state index contributed by atoms with van der Waals surface area (Å²) in [6.45, 7) is 0. The predicted molar refractivity (Wildman–Crippen MR) is 77.1 cm³/mol. The molecular weight excluding hydrogens is 254 g/mol. The molecule has 2 N–H and O–H groups in total. The number of aliphatic hydroxyl groups excluding tert-OH is 1. The summed E-state index contributed by atoms with van der Waals surface area (Å²) in [7, 11) is 0. The standard InChI is InChI=1S/C15H11N3O2/c19-13(10-5-7-16-8-6-10)9-14-17-12-4-2-1-3-11(12)15(20)18-14/h1-9,19H,(H,17,18,20). The van der Waals surface area contributed by atoms with Crippen LogP contribution in [0.1, 0.15) is 11.4 Å². The highest BCUT2D eigenvalue weighted by molar-refractivity contribution is 5.80. The number of pyridine rings is 1. The van der Waals surface area contributed by atoms with Crippen molar-refractivity contribution in [1.82, 2.24) is 15.0 Å². The lowest BCUT2D eigenvalue weighted by molar-refractivity contribution is 0.515. The van der Waals surface area contributed by atoms with Crippen molar-refractivity contribution in [3.05, 3.63) is 70.5 Å². The van der Waals surface area contributed by atoms with E-state index in [0.717, 1.165) is 0 Å². The maximum atomic E-state index is 11.9. The van der Waals surface area contributed by atoms with Gasteiger partial charge in [-0.3, -0.25) is 9.78 Å². The fourth-order valence-electron chi connectivity index (χ4n) is 1.91. The molecular formula is C15H11N3O2. The van der Waals surface area contributed by atoms with E-state index in [9.17, 15) is 9.90 Å². The molecule has 0 fully saturated rings. The van der Waals surface area contributed by atoms with Crippen LogP contribution < -0.4 is 5.56 Å². The average Bonchev–Trinajstić information content (AvgIpc) is 2.48. The quantitative estimate of drug-likeness (QED) is 0.697. The first-order valence-corrected chi connectivity index (χ1v) is 6.04. The van der Waals surface area contributed by atoms with Gasteiger partial charge in [0.15, 0.2) is 0 Å². The Hall–Kier alpha value is -2.95. The summed E-state index contributed by atoms with van der Waals surface area (Å²) in [5.41, 5.74) is 0.963. The number of aliphatic hydroxyl groups is 1. The Bertz CT molecular complexity index is 838. The van der Waals surface area contributed by atoms with E-state index in [4.69, 9.17) is 0 Å². The van der Waals surface area contributed by atoms with Crippen molar-refractivity contribution in [2.45, 2.75) is 0 Å². The smallest absolute Gasteiger partial charge is 0.259 e. The van der Waals surface area contributed by atoms with E-state index in [-0.39, 0.29) is 11.3 Å². The van der Waals surface area contributed by atoms with Gasteiger partial charge in [0.1, 0.15) is 11.6 Å². The number of aromatic amines is 1. The van der Waals surface area contributed by atoms with Crippen LogP contribution in [0.3, 0.4) is 0 Å². The number of fused-ring (bicyclic) bond motifs is 1. The van der Waals surface area contributed by atoms with Gasteiger partial charge in [0.05, 0.1) is 10.9 Å². The molecule has 5 heteroatoms. The first-order valence-electron chi connectivity index (χ1n) is 6.04. The molecule has 2 aromatic heterocycles. The Morgan fingerprint density at radius 2 is 1.90 bits per heavy atom. The Kier molecular flexibility index (Phi) is 3.01. The lowest BCUT2D eigenvalue weighted by atomic mass is 10.2. The van der Waals surface area contributed by atoms with Crippen LogP contribution in [-0.2, 0) is 0 Å². The molecule has 2 heterocycles. The third-order valence-electron chi connectivity index (χ3n) is 2.88. The van der Waals surface area contributed by atoms with Gasteiger partial charge in [-0.2, -0.15) is 0 Å². The molecule has 0 bridgehead atoms. The number of rotatable bonds is 2. The van der Waals surface area contributed by atoms with Crippen molar-refractivity contribution in [3.63, 3.8) is 0 Å². The van der Waals surface area contributed by atoms with E-state index < -0.39 is 0 Å². The van der Waals surface area contributed by atoms with E-state index in [1.165, 1.54) is 6.08 Å². The highest BCUT2D eigenvalue weighted by Gasteiger charge is 2.03. The van der Waals surface area contributed by atoms with Crippen molar-refractivity contribution in [2.24, 2.45) is 0 Å². The molecule has 20 heavy (non-hydrogen) atoms. The summed E-state index contributed by atoms with van der Waals surface area (Å²) in [6, 6.07) is 10.4. The van der Waals surface area contributed by atoms with Gasteiger partial charge in [0, 0.05) is 24.0 Å². The van der Waals surface area contributed by atoms with E-state index in [0.29, 0.717) is 22.3 Å². The second-order valence-electron chi connectivity index (χ2n) is 4.23. The lowest BCUT2D eigenvalue weighted by Gasteiger charge is -2.01. The van der Waals surface area contributed by atoms with Gasteiger partial charge in [0.2, 0.25) is 0 Å². The molecule has 0 radical (unpaired) electrons. The van der Waals surface area contributed by atoms with E-state index >= 15 is 0 Å². The number of nitrogens with one attached hydrogen (secondary N) is 1. The average molecular weight is 265 g/mol. The second kappa shape index (κ2) is 4.97. The van der Waals surface area contributed by atoms with Crippen LogP contribution >= 0.6 is 0 Å². The minimum atomic E-state index is -0.232. The van der Waals surface area contributed by atoms with Gasteiger partial charge in [0.25, 0.3) is 5.56 Å². The highest BCUT2D eigenvalue weighted by Crippen LogP contribution is 2.13. The van der Waals surface area contributed by atoms with Gasteiger partial charge in [-0.15, -0.1) is 0 Å². The van der Waals surface area contributed by atoms with Crippen LogP contribution in [0.2, 0.25) is 0 Å². The zero-order valence-electron chi connectivity index (χ0n) is 10.4. The fraction of sp³-hybridized carbons (Fsp3) is 0. The van der Waals surface area contributed by atoms with Gasteiger partial charge in [-0.05, 0) is 24.3 Å². The molecule has 3 rings (SSSR count). The minimum absolute atomic E-state index is 0.0193. The highest BCUT2D eigenvalue weighted by atomic mass is 16.3. The third-order valence-corrected chi connectivity index (χ3v) is 2.88. The monoisotopic (exact) mass is 265 g/mol. The topological polar surface area (TPSA) is 78.9 Å². The second-order valence-corrected chi connectivity index (χ2v) is 4.23. The van der Waals surface area contributed by atoms with Crippen LogP contribution in [0.5, 0.6) is 0 Å². The van der Waals surface area contributed by atoms with Gasteiger partial charge in [-0.1, -0.05) is 12.1 Å². The molecule has 0 aliphatic heterocycles. The summed E-state index contributed by atoms with van der Waals surface area (Å²) in [5.74, 6) is 0.328. The normalized spacial score (nSPS) is 11.7. The van der Waals surface area contributed by atoms with E-state index in [1.807, 2.05) is 6.07 Å². The van der Waals surface area contributed by atoms with E-state index in [1.54, 1.807) is 42.7 Å². The van der Waals surface area contributed by atoms with Crippen LogP contribution in [-0.4, -0.2) is 20.1 Å². The first-order chi connectivity index (χ1) is 9.74. The number of aromatic nitrogens is 3. The number of benzene rings is 1. The first kappa shape index (κ1) is 12.1. The molecule has 0 spiro atoms. The van der Waals surface area contributed by atoms with Gasteiger partial charge in [-0.25, -0.2) is 4.98 Å². The van der Waals surface area contributed by atoms with Gasteiger partial charge >= 0.3 is 0 Å². The predicted octanol–water partition coefficient (Wildman–Crippen LogP) is 2.37. The Labute approximate surface area is 114 Å². The number of nitrogens with zero attached hydrogens (tertiary/aromatic N) is 2. The van der Waals surface area contributed by atoms with Crippen molar-refractivity contribution in [1.29, 1.82) is 0 Å². The van der Waals surface area contributed by atoms with Crippen LogP contribution in [0.4, 0.5) is 0 Å². The third kappa shape index (κ3) is 2.29. The summed E-state index contributed by atoms with van der Waals surface area (Å²) >= 11 is 0. The van der Waals surface area contributed by atoms with Crippen molar-refractivity contribution in [2.75, 3.05) is 0 Å². The van der Waals surface area contributed by atoms with Crippen molar-refractivity contribution >= 4 is 22.7 Å². The molecule has 0 saturated heterocycles. The molecule has 5 nitrogen and oxygen atoms in total. The lowest BCUT2D eigenvalue weighted by Crippen LogP contribution is -2.09. The van der Waals surface area contributed by atoms with Crippen LogP contribution in [0.25, 0.3) is 22.7 Å². The Morgan fingerprint density at radius 1 is 1.15 bits per heavy atom. The Morgan fingerprint density at radius 3 is 2.70 bits per heavy atom. The number of hydrogen-bond donors (Lipinski definition) is 2. The summed E-state index contributed by atoms with van der Waals surface area (Å²) in [4.78, 5) is 22.7. The maximum absolute atomic E-state index is 11.9. The number of H-pyrrole nitrogens is 1.